The summed E-state index contributed by atoms with van der Waals surface area (Å²) in [6, 6.07) is 4.21. The third kappa shape index (κ3) is 4.33. The molecule has 0 unspecified atom stereocenters. The second-order valence-electron chi connectivity index (χ2n) is 8.97. The van der Waals surface area contributed by atoms with Crippen molar-refractivity contribution in [1.29, 1.82) is 0 Å². The van der Waals surface area contributed by atoms with Crippen LogP contribution in [0, 0.1) is 19.7 Å². The monoisotopic (exact) mass is 509 g/mol. The molecule has 2 aliphatic rings. The van der Waals surface area contributed by atoms with E-state index in [0.29, 0.717) is 52.8 Å². The first-order valence-corrected chi connectivity index (χ1v) is 11.9. The van der Waals surface area contributed by atoms with Crippen molar-refractivity contribution in [2.75, 3.05) is 43.9 Å². The number of nitrogens with one attached hydrogen (secondary N) is 3. The van der Waals surface area contributed by atoms with E-state index in [4.69, 9.17) is 11.6 Å². The average molecular weight is 510 g/mol. The maximum Gasteiger partial charge on any atom is 0.257 e. The Morgan fingerprint density at radius 1 is 1.19 bits per heavy atom. The lowest BCUT2D eigenvalue weighted by molar-refractivity contribution is -0.110. The highest BCUT2D eigenvalue weighted by atomic mass is 35.5. The lowest BCUT2D eigenvalue weighted by atomic mass is 10.0. The molecular weight excluding hydrogens is 485 g/mol. The number of piperazine rings is 1. The van der Waals surface area contributed by atoms with E-state index < -0.39 is 5.82 Å². The molecule has 4 heterocycles. The summed E-state index contributed by atoms with van der Waals surface area (Å²) < 4.78 is 13.6. The molecule has 186 valence electrons. The van der Waals surface area contributed by atoms with Gasteiger partial charge in [0.25, 0.3) is 11.8 Å². The van der Waals surface area contributed by atoms with Gasteiger partial charge in [0.2, 0.25) is 0 Å². The highest BCUT2D eigenvalue weighted by molar-refractivity contribution is 6.35. The number of aryl methyl sites for hydroxylation is 1. The molecule has 0 bridgehead atoms. The molecule has 0 spiro atoms. The van der Waals surface area contributed by atoms with Crippen LogP contribution in [0.25, 0.3) is 11.6 Å². The summed E-state index contributed by atoms with van der Waals surface area (Å²) in [5.74, 6) is -0.181. The summed E-state index contributed by atoms with van der Waals surface area (Å²) in [5, 5.41) is 5.81. The minimum Gasteiger partial charge on any atom is -0.358 e. The molecule has 0 aliphatic carbocycles. The Morgan fingerprint density at radius 2 is 1.94 bits per heavy atom. The van der Waals surface area contributed by atoms with Crippen molar-refractivity contribution in [2.45, 2.75) is 13.8 Å². The van der Waals surface area contributed by atoms with Gasteiger partial charge >= 0.3 is 0 Å². The number of benzene rings is 1. The lowest BCUT2D eigenvalue weighted by Gasteiger charge is -2.32. The first-order chi connectivity index (χ1) is 17.2. The molecule has 1 fully saturated rings. The number of H-pyrrole nitrogens is 1. The summed E-state index contributed by atoms with van der Waals surface area (Å²) >= 11 is 5.92. The zero-order chi connectivity index (χ0) is 25.6. The first kappa shape index (κ1) is 24.0. The van der Waals surface area contributed by atoms with Crippen molar-refractivity contribution in [3.8, 4) is 0 Å². The third-order valence-corrected chi connectivity index (χ3v) is 6.83. The van der Waals surface area contributed by atoms with Crippen LogP contribution in [0.15, 0.2) is 24.5 Å². The number of amides is 2. The maximum atomic E-state index is 13.6. The Balaban J connectivity index is 1.50. The van der Waals surface area contributed by atoms with Gasteiger partial charge < -0.3 is 25.4 Å². The van der Waals surface area contributed by atoms with Gasteiger partial charge in [-0.25, -0.2) is 14.4 Å². The number of hydrogen-bond acceptors (Lipinski definition) is 6. The molecule has 3 N–H and O–H groups in total. The minimum absolute atomic E-state index is 0.0193. The largest absolute Gasteiger partial charge is 0.358 e. The van der Waals surface area contributed by atoms with Gasteiger partial charge in [-0.1, -0.05) is 11.6 Å². The number of fused-ring (bicyclic) bond motifs is 1. The smallest absolute Gasteiger partial charge is 0.257 e. The fourth-order valence-electron chi connectivity index (χ4n) is 4.52. The van der Waals surface area contributed by atoms with Crippen LogP contribution >= 0.6 is 11.6 Å². The minimum atomic E-state index is -0.535. The zero-order valence-electron chi connectivity index (χ0n) is 20.1. The molecule has 0 atom stereocenters. The SMILES string of the molecule is Cc1[nH]c(C=C2C(=O)Nc3ncnc(Nc4ccc(F)c(Cl)c4)c32)c(C)c1C(=O)N1CCN(C)CC1. The fraction of sp³-hybridized carbons (Fsp3) is 0.280. The molecule has 0 saturated carbocycles. The third-order valence-electron chi connectivity index (χ3n) is 6.54. The number of carbonyl (C=O) groups excluding carboxylic acids is 2. The topological polar surface area (TPSA) is 106 Å². The Morgan fingerprint density at radius 3 is 2.67 bits per heavy atom. The normalized spacial score (nSPS) is 16.9. The van der Waals surface area contributed by atoms with Crippen molar-refractivity contribution >= 4 is 52.4 Å². The van der Waals surface area contributed by atoms with Crippen LogP contribution in [0.4, 0.5) is 21.7 Å². The molecule has 1 aromatic carbocycles. The summed E-state index contributed by atoms with van der Waals surface area (Å²) in [6.45, 7) is 6.73. The first-order valence-electron chi connectivity index (χ1n) is 11.5. The summed E-state index contributed by atoms with van der Waals surface area (Å²) in [7, 11) is 2.04. The number of aromatic amines is 1. The molecule has 2 aliphatic heterocycles. The van der Waals surface area contributed by atoms with Gasteiger partial charge in [0.15, 0.2) is 0 Å². The quantitative estimate of drug-likeness (QED) is 0.461. The van der Waals surface area contributed by atoms with Crippen LogP contribution in [0.3, 0.4) is 0 Å². The van der Waals surface area contributed by atoms with Crippen molar-refractivity contribution in [3.05, 3.63) is 63.4 Å². The van der Waals surface area contributed by atoms with E-state index >= 15 is 0 Å². The van der Waals surface area contributed by atoms with Gasteiger partial charge in [-0.3, -0.25) is 9.59 Å². The van der Waals surface area contributed by atoms with E-state index in [9.17, 15) is 14.0 Å². The average Bonchev–Trinajstić information content (AvgIpc) is 3.31. The Hall–Kier alpha value is -3.76. The molecule has 9 nitrogen and oxygen atoms in total. The summed E-state index contributed by atoms with van der Waals surface area (Å²) in [4.78, 5) is 42.0. The number of carbonyl (C=O) groups is 2. The van der Waals surface area contributed by atoms with Crippen molar-refractivity contribution in [3.63, 3.8) is 0 Å². The van der Waals surface area contributed by atoms with E-state index in [1.54, 1.807) is 6.08 Å². The molecule has 2 amide bonds. The number of aromatic nitrogens is 3. The second-order valence-corrected chi connectivity index (χ2v) is 9.38. The summed E-state index contributed by atoms with van der Waals surface area (Å²) in [6.07, 6.45) is 3.03. The Labute approximate surface area is 212 Å². The number of anilines is 3. The van der Waals surface area contributed by atoms with Gasteiger partial charge in [0.05, 0.1) is 21.7 Å². The molecule has 36 heavy (non-hydrogen) atoms. The van der Waals surface area contributed by atoms with E-state index in [2.05, 4.69) is 30.5 Å². The standard InChI is InChI=1S/C25H25ClFN7O2/c1-13-19(30-14(2)20(13)25(36)34-8-6-33(3)7-9-34)11-16-21-22(28-12-29-23(21)32-24(16)35)31-15-4-5-18(27)17(26)10-15/h4-5,10-12,30H,6-9H2,1-3H3,(H2,28,29,31,32,35). The van der Waals surface area contributed by atoms with Crippen molar-refractivity contribution in [1.82, 2.24) is 24.8 Å². The van der Waals surface area contributed by atoms with Crippen molar-refractivity contribution in [2.24, 2.45) is 0 Å². The van der Waals surface area contributed by atoms with E-state index in [1.165, 1.54) is 24.5 Å². The van der Waals surface area contributed by atoms with Crippen LogP contribution in [0.5, 0.6) is 0 Å². The van der Waals surface area contributed by atoms with E-state index in [-0.39, 0.29) is 16.8 Å². The van der Waals surface area contributed by atoms with Crippen LogP contribution in [-0.2, 0) is 4.79 Å². The molecule has 0 radical (unpaired) electrons. The molecule has 5 rings (SSSR count). The molecule has 1 saturated heterocycles. The van der Waals surface area contributed by atoms with Crippen LogP contribution in [0.1, 0.15) is 32.9 Å². The molecule has 3 aromatic rings. The van der Waals surface area contributed by atoms with Gasteiger partial charge in [0.1, 0.15) is 23.8 Å². The number of hydrogen-bond donors (Lipinski definition) is 3. The second kappa shape index (κ2) is 9.36. The van der Waals surface area contributed by atoms with Crippen LogP contribution in [0.2, 0.25) is 5.02 Å². The molecular formula is C25H25ClFN7O2. The number of nitrogens with zero attached hydrogens (tertiary/aromatic N) is 4. The van der Waals surface area contributed by atoms with Crippen LogP contribution < -0.4 is 10.6 Å². The number of rotatable bonds is 4. The molecule has 2 aromatic heterocycles. The lowest BCUT2D eigenvalue weighted by Crippen LogP contribution is -2.47. The predicted octanol–water partition coefficient (Wildman–Crippen LogP) is 3.84. The maximum absolute atomic E-state index is 13.6. The zero-order valence-corrected chi connectivity index (χ0v) is 20.8. The fourth-order valence-corrected chi connectivity index (χ4v) is 4.70. The van der Waals surface area contributed by atoms with Gasteiger partial charge in [-0.05, 0) is 50.7 Å². The molecule has 11 heteroatoms. The van der Waals surface area contributed by atoms with Gasteiger partial charge in [-0.2, -0.15) is 0 Å². The Bertz CT molecular complexity index is 1410. The van der Waals surface area contributed by atoms with E-state index in [1.807, 2.05) is 25.8 Å². The van der Waals surface area contributed by atoms with E-state index in [0.717, 1.165) is 24.3 Å². The number of likely N-dealkylation sites (N-methyl/N-ethyl adjacent to an activating group) is 1. The highest BCUT2D eigenvalue weighted by Gasteiger charge is 2.31. The Kier molecular flexibility index (Phi) is 6.23. The number of halogens is 2. The van der Waals surface area contributed by atoms with Crippen LogP contribution in [-0.4, -0.2) is 69.8 Å². The highest BCUT2D eigenvalue weighted by Crippen LogP contribution is 2.38. The van der Waals surface area contributed by atoms with Crippen molar-refractivity contribution < 1.29 is 14.0 Å². The van der Waals surface area contributed by atoms with Gasteiger partial charge in [-0.15, -0.1) is 0 Å². The summed E-state index contributed by atoms with van der Waals surface area (Å²) in [5.41, 5.74) is 4.10. The van der Waals surface area contributed by atoms with Gasteiger partial charge in [0, 0.05) is 43.3 Å². The predicted molar refractivity (Wildman–Crippen MR) is 137 cm³/mol.